The normalized spacial score (nSPS) is 15.4. The molecule has 11 heteroatoms. The Morgan fingerprint density at radius 3 is 2.97 bits per heavy atom. The highest BCUT2D eigenvalue weighted by atomic mass is 32.2. The lowest BCUT2D eigenvalue weighted by Gasteiger charge is -2.10. The fraction of sp³-hybridized carbons (Fsp3) is 0.250. The van der Waals surface area contributed by atoms with Crippen molar-refractivity contribution < 1.29 is 9.00 Å². The first-order valence-electron chi connectivity index (χ1n) is 9.74. The van der Waals surface area contributed by atoms with Gasteiger partial charge >= 0.3 is 0 Å². The molecule has 160 valence electrons. The molecule has 1 aliphatic heterocycles. The smallest absolute Gasteiger partial charge is 0.277 e. The number of anilines is 2. The van der Waals surface area contributed by atoms with Crippen LogP contribution >= 0.6 is 22.7 Å². The van der Waals surface area contributed by atoms with E-state index in [1.807, 2.05) is 46.5 Å². The predicted molar refractivity (Wildman–Crippen MR) is 125 cm³/mol. The maximum absolute atomic E-state index is 12.7. The minimum atomic E-state index is -1.31. The summed E-state index contributed by atoms with van der Waals surface area (Å²) >= 11 is 2.82. The number of fused-ring (bicyclic) bond motifs is 2. The van der Waals surface area contributed by atoms with Gasteiger partial charge in [-0.25, -0.2) is 9.19 Å². The molecular weight excluding hydrogens is 452 g/mol. The number of rotatable bonds is 5. The first kappa shape index (κ1) is 20.3. The first-order chi connectivity index (χ1) is 15.0. The molecule has 1 amide bonds. The molecule has 1 atom stereocenters. The highest BCUT2D eigenvalue weighted by Gasteiger charge is 2.19. The lowest BCUT2D eigenvalue weighted by molar-refractivity contribution is 0.102. The van der Waals surface area contributed by atoms with Gasteiger partial charge in [0, 0.05) is 25.3 Å². The molecule has 4 aromatic rings. The van der Waals surface area contributed by atoms with E-state index in [0.717, 1.165) is 51.9 Å². The molecule has 0 fully saturated rings. The van der Waals surface area contributed by atoms with Crippen LogP contribution in [0.3, 0.4) is 0 Å². The molecule has 0 bridgehead atoms. The Balaban J connectivity index is 1.31. The van der Waals surface area contributed by atoms with Crippen LogP contribution in [0.1, 0.15) is 22.6 Å². The maximum atomic E-state index is 12.7. The monoisotopic (exact) mass is 472 g/mol. The summed E-state index contributed by atoms with van der Waals surface area (Å²) < 4.78 is 19.0. The fourth-order valence-electron chi connectivity index (χ4n) is 3.46. The lowest BCUT2D eigenvalue weighted by Crippen LogP contribution is -2.17. The summed E-state index contributed by atoms with van der Waals surface area (Å²) in [6, 6.07) is 11.1. The van der Waals surface area contributed by atoms with Crippen LogP contribution in [0, 0.1) is 0 Å². The van der Waals surface area contributed by atoms with Gasteiger partial charge in [-0.3, -0.25) is 14.8 Å². The van der Waals surface area contributed by atoms with Gasteiger partial charge in [0.2, 0.25) is 0 Å². The van der Waals surface area contributed by atoms with Crippen molar-refractivity contribution >= 4 is 60.6 Å². The summed E-state index contributed by atoms with van der Waals surface area (Å²) in [7, 11) is 0.767. The Morgan fingerprint density at radius 2 is 2.13 bits per heavy atom. The SMILES string of the molecule is CN1CCCn2nc(C(=O)Nc3nc4ccc(NS(=O)c5cccs5)cc4s3)cc2C1. The molecule has 31 heavy (non-hydrogen) atoms. The summed E-state index contributed by atoms with van der Waals surface area (Å²) in [6.45, 7) is 2.62. The Kier molecular flexibility index (Phi) is 5.57. The van der Waals surface area contributed by atoms with Crippen molar-refractivity contribution in [3.05, 3.63) is 53.2 Å². The predicted octanol–water partition coefficient (Wildman–Crippen LogP) is 3.78. The molecule has 0 spiro atoms. The molecule has 0 aliphatic carbocycles. The van der Waals surface area contributed by atoms with Crippen molar-refractivity contribution in [1.82, 2.24) is 19.7 Å². The van der Waals surface area contributed by atoms with Crippen LogP contribution in [-0.4, -0.2) is 43.4 Å². The third kappa shape index (κ3) is 4.40. The summed E-state index contributed by atoms with van der Waals surface area (Å²) in [5.74, 6) is -0.264. The summed E-state index contributed by atoms with van der Waals surface area (Å²) in [4.78, 5) is 19.5. The van der Waals surface area contributed by atoms with E-state index in [2.05, 4.69) is 32.1 Å². The van der Waals surface area contributed by atoms with Gasteiger partial charge in [-0.1, -0.05) is 17.4 Å². The van der Waals surface area contributed by atoms with Crippen LogP contribution in [0.4, 0.5) is 10.8 Å². The molecule has 1 unspecified atom stereocenters. The number of nitrogens with zero attached hydrogens (tertiary/aromatic N) is 4. The molecule has 1 aromatic carbocycles. The van der Waals surface area contributed by atoms with E-state index in [4.69, 9.17) is 0 Å². The Labute approximate surface area is 189 Å². The van der Waals surface area contributed by atoms with Crippen LogP contribution < -0.4 is 10.0 Å². The number of thiazole rings is 1. The van der Waals surface area contributed by atoms with Crippen molar-refractivity contribution in [3.63, 3.8) is 0 Å². The van der Waals surface area contributed by atoms with Gasteiger partial charge in [0.15, 0.2) is 21.8 Å². The molecular formula is C20H20N6O2S3. The third-order valence-electron chi connectivity index (χ3n) is 4.93. The zero-order valence-corrected chi connectivity index (χ0v) is 19.1. The molecule has 0 radical (unpaired) electrons. The van der Waals surface area contributed by atoms with E-state index >= 15 is 0 Å². The van der Waals surface area contributed by atoms with Crippen molar-refractivity contribution in [2.75, 3.05) is 23.6 Å². The number of hydrogen-bond donors (Lipinski definition) is 2. The number of aryl methyl sites for hydroxylation is 1. The maximum Gasteiger partial charge on any atom is 0.277 e. The van der Waals surface area contributed by atoms with Crippen molar-refractivity contribution in [1.29, 1.82) is 0 Å². The van der Waals surface area contributed by atoms with Gasteiger partial charge in [-0.2, -0.15) is 5.10 Å². The van der Waals surface area contributed by atoms with Crippen molar-refractivity contribution in [2.24, 2.45) is 0 Å². The van der Waals surface area contributed by atoms with Gasteiger partial charge in [-0.15, -0.1) is 11.3 Å². The number of aromatic nitrogens is 3. The second kappa shape index (κ2) is 8.50. The van der Waals surface area contributed by atoms with E-state index in [0.29, 0.717) is 10.8 Å². The second-order valence-corrected chi connectivity index (χ2v) is 10.7. The van der Waals surface area contributed by atoms with Crippen molar-refractivity contribution in [2.45, 2.75) is 23.7 Å². The van der Waals surface area contributed by atoms with Gasteiger partial charge in [-0.05, 0) is 49.2 Å². The van der Waals surface area contributed by atoms with E-state index in [1.165, 1.54) is 22.7 Å². The number of thiophene rings is 1. The molecule has 4 heterocycles. The Bertz CT molecular complexity index is 1260. The van der Waals surface area contributed by atoms with E-state index in [-0.39, 0.29) is 5.91 Å². The van der Waals surface area contributed by atoms with Gasteiger partial charge in [0.25, 0.3) is 5.91 Å². The van der Waals surface area contributed by atoms with Crippen LogP contribution in [0.15, 0.2) is 46.0 Å². The van der Waals surface area contributed by atoms with Crippen LogP contribution in [0.5, 0.6) is 0 Å². The number of carbonyl (C=O) groups is 1. The van der Waals surface area contributed by atoms with Gasteiger partial charge in [0.1, 0.15) is 4.21 Å². The molecule has 1 aliphatic rings. The minimum Gasteiger partial charge on any atom is -0.300 e. The van der Waals surface area contributed by atoms with E-state index in [1.54, 1.807) is 0 Å². The molecule has 5 rings (SSSR count). The number of carbonyl (C=O) groups excluding carboxylic acids is 1. The van der Waals surface area contributed by atoms with Crippen LogP contribution in [-0.2, 0) is 24.1 Å². The highest BCUT2D eigenvalue weighted by Crippen LogP contribution is 2.29. The molecule has 2 N–H and O–H groups in total. The quantitative estimate of drug-likeness (QED) is 0.461. The molecule has 0 saturated heterocycles. The number of nitrogens with one attached hydrogen (secondary N) is 2. The molecule has 0 saturated carbocycles. The average Bonchev–Trinajstić information content (AvgIpc) is 3.46. The third-order valence-corrected chi connectivity index (χ3v) is 8.20. The standard InChI is InChI=1S/C20H20N6O2S3/c1-25-7-3-8-26-14(12-25)11-16(23-26)19(27)22-20-21-15-6-5-13(10-17(15)30-20)24-31(28)18-4-2-9-29-18/h2,4-6,9-11,24H,3,7-8,12H2,1H3,(H,21,22,27). The van der Waals surface area contributed by atoms with E-state index < -0.39 is 11.0 Å². The lowest BCUT2D eigenvalue weighted by atomic mass is 10.3. The van der Waals surface area contributed by atoms with Crippen molar-refractivity contribution in [3.8, 4) is 0 Å². The van der Waals surface area contributed by atoms with Gasteiger partial charge < -0.3 is 9.62 Å². The number of amides is 1. The summed E-state index contributed by atoms with van der Waals surface area (Å²) in [5.41, 5.74) is 2.96. The topological polar surface area (TPSA) is 92.2 Å². The highest BCUT2D eigenvalue weighted by molar-refractivity contribution is 7.88. The van der Waals surface area contributed by atoms with Crippen LogP contribution in [0.2, 0.25) is 0 Å². The van der Waals surface area contributed by atoms with Crippen LogP contribution in [0.25, 0.3) is 10.2 Å². The molecule has 3 aromatic heterocycles. The number of benzene rings is 1. The summed E-state index contributed by atoms with van der Waals surface area (Å²) in [5, 5.41) is 9.75. The Hall–Kier alpha value is -2.60. The second-order valence-electron chi connectivity index (χ2n) is 7.29. The molecule has 8 nitrogen and oxygen atoms in total. The fourth-order valence-corrected chi connectivity index (χ4v) is 6.10. The van der Waals surface area contributed by atoms with E-state index in [9.17, 15) is 9.00 Å². The van der Waals surface area contributed by atoms with Gasteiger partial charge in [0.05, 0.1) is 15.9 Å². The zero-order valence-electron chi connectivity index (χ0n) is 16.7. The number of hydrogen-bond acceptors (Lipinski definition) is 7. The largest absolute Gasteiger partial charge is 0.300 e. The average molecular weight is 473 g/mol. The summed E-state index contributed by atoms with van der Waals surface area (Å²) in [6.07, 6.45) is 1.01. The Morgan fingerprint density at radius 1 is 1.23 bits per heavy atom. The minimum absolute atomic E-state index is 0.264. The zero-order chi connectivity index (χ0) is 21.4. The first-order valence-corrected chi connectivity index (χ1v) is 12.6.